The maximum Gasteiger partial charge on any atom is 0.253 e. The third kappa shape index (κ3) is 4.99. The molecule has 1 fully saturated rings. The second-order valence-corrected chi connectivity index (χ2v) is 7.51. The molecule has 0 bridgehead atoms. The molecular weight excluding hydrogens is 369 g/mol. The average molecular weight is 392 g/mol. The molecule has 0 saturated carbocycles. The first-order valence-electron chi connectivity index (χ1n) is 9.02. The van der Waals surface area contributed by atoms with Crippen LogP contribution in [0.25, 0.3) is 0 Å². The third-order valence-electron chi connectivity index (χ3n) is 4.88. The van der Waals surface area contributed by atoms with Crippen LogP contribution in [0.3, 0.4) is 0 Å². The van der Waals surface area contributed by atoms with E-state index >= 15 is 0 Å². The van der Waals surface area contributed by atoms with Crippen molar-refractivity contribution >= 4 is 17.5 Å². The molecule has 1 N–H and O–H groups in total. The standard InChI is InChI=1S/C21H23ClFNO3/c1-15-3-8-18(22)19(13-15)27-14-21(26)9-2-11-24(12-10-21)20(25)16-4-6-17(23)7-5-16/h3-8,13,26H,2,9-12,14H2,1H3. The summed E-state index contributed by atoms with van der Waals surface area (Å²) in [7, 11) is 0. The molecule has 2 aromatic rings. The maximum atomic E-state index is 13.1. The topological polar surface area (TPSA) is 49.8 Å². The van der Waals surface area contributed by atoms with Crippen LogP contribution in [-0.2, 0) is 0 Å². The summed E-state index contributed by atoms with van der Waals surface area (Å²) in [6, 6.07) is 11.0. The van der Waals surface area contributed by atoms with Gasteiger partial charge in [-0.1, -0.05) is 17.7 Å². The molecule has 144 valence electrons. The Kier molecular flexibility index (Phi) is 6.02. The zero-order valence-corrected chi connectivity index (χ0v) is 16.0. The van der Waals surface area contributed by atoms with Gasteiger partial charge in [-0.2, -0.15) is 0 Å². The lowest BCUT2D eigenvalue weighted by molar-refractivity contribution is -0.0163. The molecule has 0 aliphatic carbocycles. The van der Waals surface area contributed by atoms with Crippen molar-refractivity contribution in [2.24, 2.45) is 0 Å². The van der Waals surface area contributed by atoms with E-state index in [9.17, 15) is 14.3 Å². The molecule has 6 heteroatoms. The van der Waals surface area contributed by atoms with Gasteiger partial charge in [-0.15, -0.1) is 0 Å². The number of aliphatic hydroxyl groups is 1. The average Bonchev–Trinajstić information content (AvgIpc) is 2.85. The number of hydrogen-bond donors (Lipinski definition) is 1. The Bertz CT molecular complexity index is 812. The van der Waals surface area contributed by atoms with E-state index in [0.717, 1.165) is 5.56 Å². The van der Waals surface area contributed by atoms with Gasteiger partial charge in [0.15, 0.2) is 0 Å². The van der Waals surface area contributed by atoms with Gasteiger partial charge in [-0.3, -0.25) is 4.79 Å². The minimum absolute atomic E-state index is 0.120. The number of rotatable bonds is 4. The number of benzene rings is 2. The first kappa shape index (κ1) is 19.6. The van der Waals surface area contributed by atoms with Crippen molar-refractivity contribution in [3.63, 3.8) is 0 Å². The zero-order chi connectivity index (χ0) is 19.4. The van der Waals surface area contributed by atoms with Crippen LogP contribution in [0.5, 0.6) is 5.75 Å². The van der Waals surface area contributed by atoms with Crippen LogP contribution >= 0.6 is 11.6 Å². The molecule has 1 unspecified atom stereocenters. The molecule has 1 aliphatic heterocycles. The zero-order valence-electron chi connectivity index (χ0n) is 15.3. The fraction of sp³-hybridized carbons (Fsp3) is 0.381. The van der Waals surface area contributed by atoms with Gasteiger partial charge in [-0.25, -0.2) is 4.39 Å². The van der Waals surface area contributed by atoms with Crippen molar-refractivity contribution < 1.29 is 19.0 Å². The first-order chi connectivity index (χ1) is 12.9. The lowest BCUT2D eigenvalue weighted by Crippen LogP contribution is -2.38. The van der Waals surface area contributed by atoms with Gasteiger partial charge in [0.25, 0.3) is 5.91 Å². The predicted molar refractivity (Wildman–Crippen MR) is 103 cm³/mol. The number of likely N-dealkylation sites (tertiary alicyclic amines) is 1. The Hall–Kier alpha value is -2.11. The Balaban J connectivity index is 1.62. The van der Waals surface area contributed by atoms with Crippen molar-refractivity contribution in [3.8, 4) is 5.75 Å². The van der Waals surface area contributed by atoms with Crippen molar-refractivity contribution in [3.05, 3.63) is 64.4 Å². The van der Waals surface area contributed by atoms with Gasteiger partial charge in [-0.05, 0) is 68.1 Å². The lowest BCUT2D eigenvalue weighted by atomic mass is 9.96. The number of ether oxygens (including phenoxy) is 1. The third-order valence-corrected chi connectivity index (χ3v) is 5.19. The largest absolute Gasteiger partial charge is 0.489 e. The van der Waals surface area contributed by atoms with Crippen LogP contribution < -0.4 is 4.74 Å². The lowest BCUT2D eigenvalue weighted by Gasteiger charge is -2.27. The van der Waals surface area contributed by atoms with Crippen molar-refractivity contribution in [1.29, 1.82) is 0 Å². The minimum atomic E-state index is -1.02. The number of amides is 1. The molecule has 0 radical (unpaired) electrons. The molecule has 27 heavy (non-hydrogen) atoms. The van der Waals surface area contributed by atoms with E-state index in [0.29, 0.717) is 48.7 Å². The monoisotopic (exact) mass is 391 g/mol. The van der Waals surface area contributed by atoms with Crippen LogP contribution in [0.1, 0.15) is 35.2 Å². The van der Waals surface area contributed by atoms with Gasteiger partial charge >= 0.3 is 0 Å². The highest BCUT2D eigenvalue weighted by Gasteiger charge is 2.32. The van der Waals surface area contributed by atoms with Crippen molar-refractivity contribution in [1.82, 2.24) is 4.90 Å². The minimum Gasteiger partial charge on any atom is -0.489 e. The molecule has 1 aliphatic rings. The summed E-state index contributed by atoms with van der Waals surface area (Å²) in [5.41, 5.74) is 0.452. The Morgan fingerprint density at radius 2 is 1.96 bits per heavy atom. The van der Waals surface area contributed by atoms with E-state index in [-0.39, 0.29) is 18.3 Å². The second kappa shape index (κ2) is 8.28. The fourth-order valence-electron chi connectivity index (χ4n) is 3.23. The normalized spacial score (nSPS) is 20.2. The number of nitrogens with zero attached hydrogens (tertiary/aromatic N) is 1. The van der Waals surface area contributed by atoms with Gasteiger partial charge in [0.05, 0.1) is 5.02 Å². The molecule has 0 spiro atoms. The number of aryl methyl sites for hydroxylation is 1. The van der Waals surface area contributed by atoms with E-state index < -0.39 is 5.60 Å². The number of carbonyl (C=O) groups is 1. The predicted octanol–water partition coefficient (Wildman–Crippen LogP) is 4.22. The van der Waals surface area contributed by atoms with Gasteiger partial charge in [0, 0.05) is 18.7 Å². The van der Waals surface area contributed by atoms with E-state index in [1.54, 1.807) is 11.0 Å². The van der Waals surface area contributed by atoms with Crippen molar-refractivity contribution in [2.45, 2.75) is 31.8 Å². The summed E-state index contributed by atoms with van der Waals surface area (Å²) in [4.78, 5) is 14.3. The van der Waals surface area contributed by atoms with Crippen molar-refractivity contribution in [2.75, 3.05) is 19.7 Å². The van der Waals surface area contributed by atoms with Crippen LogP contribution in [-0.4, -0.2) is 41.2 Å². The molecule has 3 rings (SSSR count). The Morgan fingerprint density at radius 1 is 1.22 bits per heavy atom. The van der Waals surface area contributed by atoms with Crippen LogP contribution in [0, 0.1) is 12.7 Å². The number of halogens is 2. The van der Waals surface area contributed by atoms with Gasteiger partial charge in [0.1, 0.15) is 23.8 Å². The second-order valence-electron chi connectivity index (χ2n) is 7.10. The van der Waals surface area contributed by atoms with E-state index in [1.165, 1.54) is 24.3 Å². The Morgan fingerprint density at radius 3 is 2.70 bits per heavy atom. The van der Waals surface area contributed by atoms with E-state index in [4.69, 9.17) is 16.3 Å². The molecule has 2 aromatic carbocycles. The number of carbonyl (C=O) groups excluding carboxylic acids is 1. The summed E-state index contributed by atoms with van der Waals surface area (Å²) >= 11 is 6.15. The summed E-state index contributed by atoms with van der Waals surface area (Å²) in [6.45, 7) is 3.03. The maximum absolute atomic E-state index is 13.1. The summed E-state index contributed by atoms with van der Waals surface area (Å²) in [5.74, 6) is 0.0271. The molecule has 1 saturated heterocycles. The molecule has 0 aromatic heterocycles. The van der Waals surface area contributed by atoms with Crippen LogP contribution in [0.15, 0.2) is 42.5 Å². The molecule has 4 nitrogen and oxygen atoms in total. The fourth-order valence-corrected chi connectivity index (χ4v) is 3.41. The van der Waals surface area contributed by atoms with Gasteiger partial charge in [0.2, 0.25) is 0 Å². The summed E-state index contributed by atoms with van der Waals surface area (Å²) in [5, 5.41) is 11.4. The number of hydrogen-bond acceptors (Lipinski definition) is 3. The molecule has 1 amide bonds. The smallest absolute Gasteiger partial charge is 0.253 e. The van der Waals surface area contributed by atoms with Gasteiger partial charge < -0.3 is 14.7 Å². The molecule has 1 heterocycles. The highest BCUT2D eigenvalue weighted by atomic mass is 35.5. The van der Waals surface area contributed by atoms with Crippen LogP contribution in [0.2, 0.25) is 5.02 Å². The van der Waals surface area contributed by atoms with E-state index in [1.807, 2.05) is 19.1 Å². The first-order valence-corrected chi connectivity index (χ1v) is 9.40. The summed E-state index contributed by atoms with van der Waals surface area (Å²) < 4.78 is 18.8. The van der Waals surface area contributed by atoms with Crippen LogP contribution in [0.4, 0.5) is 4.39 Å². The highest BCUT2D eigenvalue weighted by molar-refractivity contribution is 6.32. The highest BCUT2D eigenvalue weighted by Crippen LogP contribution is 2.29. The Labute approximate surface area is 163 Å². The quantitative estimate of drug-likeness (QED) is 0.848. The van der Waals surface area contributed by atoms with E-state index in [2.05, 4.69) is 0 Å². The SMILES string of the molecule is Cc1ccc(Cl)c(OCC2(O)CCCN(C(=O)c3ccc(F)cc3)CC2)c1. The summed E-state index contributed by atoms with van der Waals surface area (Å²) in [6.07, 6.45) is 1.60. The molecular formula is C21H23ClFNO3. The molecule has 1 atom stereocenters.